The van der Waals surface area contributed by atoms with Crippen LogP contribution >= 0.6 is 0 Å². The Hall–Kier alpha value is 3.72. The maximum Gasteiger partial charge on any atom is 1.00 e. The third-order valence-electron chi connectivity index (χ3n) is 3.16. The molecule has 0 heterocycles. The molecule has 1 unspecified atom stereocenters. The standard InChI is InChI=1S/C12H25O.C4H6O7S.3K/c1-3-5-6-7-8-9-10-12-13-11-4-2;5-3(6)1-2(4(7)8)12(9,10)11;;;/h2-12H2,1H3;2H,1H2,(H,5,6)(H,7,8)(H,9,10,11);;;/q-1;;3*+1/p-2. The topological polar surface area (TPSA) is 144 Å². The summed E-state index contributed by atoms with van der Waals surface area (Å²) in [5, 5.41) is 17.3. The Kier molecular flexibility index (Phi) is 43.1. The van der Waals surface area contributed by atoms with Gasteiger partial charge in [0, 0.05) is 25.6 Å². The second kappa shape index (κ2) is 28.8. The SMILES string of the molecule is O=C([O-])CC(C(=O)[O-])S(=O)(=O)O.[CH2-]CCOCCCCCCCCC.[K+].[K+].[K+]. The maximum absolute atomic E-state index is 10.2. The summed E-state index contributed by atoms with van der Waals surface area (Å²) in [7, 11) is -4.94. The first kappa shape index (κ1) is 41.9. The van der Waals surface area contributed by atoms with Crippen molar-refractivity contribution in [3.8, 4) is 0 Å². The van der Waals surface area contributed by atoms with Crippen LogP contribution in [0.3, 0.4) is 0 Å². The van der Waals surface area contributed by atoms with Gasteiger partial charge in [0.15, 0.2) is 0 Å². The van der Waals surface area contributed by atoms with E-state index >= 15 is 0 Å². The minimum absolute atomic E-state index is 0. The normalized spacial score (nSPS) is 10.8. The summed E-state index contributed by atoms with van der Waals surface area (Å²) in [5.41, 5.74) is 0. The number of carbonyl (C=O) groups is 2. The minimum Gasteiger partial charge on any atom is -0.550 e. The van der Waals surface area contributed by atoms with E-state index in [0.29, 0.717) is 0 Å². The van der Waals surface area contributed by atoms with Crippen LogP contribution in [0.2, 0.25) is 0 Å². The molecule has 12 heteroatoms. The number of aliphatic carboxylic acids is 2. The monoisotopic (exact) mass is 498 g/mol. The largest absolute Gasteiger partial charge is 1.00 e. The van der Waals surface area contributed by atoms with Crippen LogP contribution in [0.15, 0.2) is 0 Å². The van der Waals surface area contributed by atoms with Crippen LogP contribution in [0, 0.1) is 6.92 Å². The van der Waals surface area contributed by atoms with E-state index in [2.05, 4.69) is 13.8 Å². The van der Waals surface area contributed by atoms with Gasteiger partial charge in [0.25, 0.3) is 10.1 Å². The average molecular weight is 499 g/mol. The van der Waals surface area contributed by atoms with Crippen molar-refractivity contribution in [2.75, 3.05) is 13.2 Å². The molecule has 0 spiro atoms. The van der Waals surface area contributed by atoms with Gasteiger partial charge in [-0.3, -0.25) is 4.55 Å². The number of unbranched alkanes of at least 4 members (excludes halogenated alkanes) is 6. The van der Waals surface area contributed by atoms with Crippen molar-refractivity contribution in [1.29, 1.82) is 0 Å². The van der Waals surface area contributed by atoms with E-state index in [1.807, 2.05) is 0 Å². The molecule has 0 saturated heterocycles. The molecule has 150 valence electrons. The summed E-state index contributed by atoms with van der Waals surface area (Å²) < 4.78 is 33.8. The predicted octanol–water partition coefficient (Wildman–Crippen LogP) is -8.88. The average Bonchev–Trinajstić information content (AvgIpc) is 2.50. The molecular weight excluding hydrogens is 470 g/mol. The maximum atomic E-state index is 10.2. The Morgan fingerprint density at radius 3 is 1.75 bits per heavy atom. The van der Waals surface area contributed by atoms with Gasteiger partial charge in [0.1, 0.15) is 5.25 Å². The quantitative estimate of drug-likeness (QED) is 0.108. The number of carboxylic acids is 2. The first-order valence-corrected chi connectivity index (χ1v) is 9.91. The van der Waals surface area contributed by atoms with Gasteiger partial charge >= 0.3 is 154 Å². The third-order valence-corrected chi connectivity index (χ3v) is 4.23. The number of hydrogen-bond acceptors (Lipinski definition) is 7. The smallest absolute Gasteiger partial charge is 0.550 e. The summed E-state index contributed by atoms with van der Waals surface area (Å²) in [5.74, 6) is -4.08. The fourth-order valence-electron chi connectivity index (χ4n) is 1.83. The van der Waals surface area contributed by atoms with Crippen molar-refractivity contribution < 1.29 is 192 Å². The number of carbonyl (C=O) groups excluding carboxylic acids is 2. The van der Waals surface area contributed by atoms with Crippen LogP contribution in [0.5, 0.6) is 0 Å². The van der Waals surface area contributed by atoms with E-state index < -0.39 is 33.7 Å². The van der Waals surface area contributed by atoms with E-state index in [1.165, 1.54) is 44.9 Å². The molecule has 0 saturated carbocycles. The zero-order valence-electron chi connectivity index (χ0n) is 17.8. The summed E-state index contributed by atoms with van der Waals surface area (Å²) >= 11 is 0. The molecule has 0 aliphatic carbocycles. The van der Waals surface area contributed by atoms with Crippen LogP contribution in [0.4, 0.5) is 0 Å². The first-order chi connectivity index (χ1) is 11.7. The summed E-state index contributed by atoms with van der Waals surface area (Å²) in [6.07, 6.45) is 9.07. The van der Waals surface area contributed by atoms with Crippen molar-refractivity contribution in [3.05, 3.63) is 6.92 Å². The molecule has 0 bridgehead atoms. The molecule has 0 rings (SSSR count). The Bertz CT molecular complexity index is 451. The van der Waals surface area contributed by atoms with Gasteiger partial charge in [-0.05, 0) is 6.42 Å². The predicted molar refractivity (Wildman–Crippen MR) is 88.8 cm³/mol. The van der Waals surface area contributed by atoms with Crippen LogP contribution in [-0.4, -0.2) is 43.4 Å². The third kappa shape index (κ3) is 31.9. The number of rotatable bonds is 14. The Morgan fingerprint density at radius 1 is 0.964 bits per heavy atom. The van der Waals surface area contributed by atoms with Gasteiger partial charge in [-0.15, -0.1) is 0 Å². The van der Waals surface area contributed by atoms with Crippen LogP contribution in [0.1, 0.15) is 64.7 Å². The molecule has 0 aromatic heterocycles. The second-order valence-corrected chi connectivity index (χ2v) is 7.09. The number of carboxylic acid groups (broad SMARTS) is 2. The van der Waals surface area contributed by atoms with E-state index in [1.54, 1.807) is 0 Å². The van der Waals surface area contributed by atoms with Gasteiger partial charge in [-0.25, -0.2) is 0 Å². The molecule has 1 N–H and O–H groups in total. The van der Waals surface area contributed by atoms with Crippen molar-refractivity contribution in [2.45, 2.75) is 70.0 Å². The molecule has 1 atom stereocenters. The molecule has 0 aliphatic heterocycles. The van der Waals surface area contributed by atoms with Gasteiger partial charge < -0.3 is 31.5 Å². The van der Waals surface area contributed by atoms with Crippen LogP contribution in [-0.2, 0) is 24.4 Å². The molecule has 8 nitrogen and oxygen atoms in total. The van der Waals surface area contributed by atoms with Crippen LogP contribution < -0.4 is 164 Å². The Balaban J connectivity index is -0.000000114. The zero-order valence-corrected chi connectivity index (χ0v) is 28.0. The van der Waals surface area contributed by atoms with Crippen molar-refractivity contribution in [1.82, 2.24) is 0 Å². The van der Waals surface area contributed by atoms with Gasteiger partial charge in [-0.1, -0.05) is 45.4 Å². The molecule has 0 aromatic carbocycles. The molecule has 0 aliphatic rings. The fourth-order valence-corrected chi connectivity index (χ4v) is 2.42. The second-order valence-electron chi connectivity index (χ2n) is 5.49. The summed E-state index contributed by atoms with van der Waals surface area (Å²) in [6, 6.07) is 0. The summed E-state index contributed by atoms with van der Waals surface area (Å²) in [4.78, 5) is 19.7. The minimum atomic E-state index is -4.94. The molecular formula is C16H29K3O8S. The summed E-state index contributed by atoms with van der Waals surface area (Å²) in [6.45, 7) is 7.75. The fraction of sp³-hybridized carbons (Fsp3) is 0.812. The number of ether oxygens (including phenoxy) is 1. The van der Waals surface area contributed by atoms with E-state index in [-0.39, 0.29) is 154 Å². The van der Waals surface area contributed by atoms with E-state index in [9.17, 15) is 28.2 Å². The molecule has 0 amide bonds. The zero-order chi connectivity index (χ0) is 19.7. The molecule has 0 radical (unpaired) electrons. The number of hydrogen-bond donors (Lipinski definition) is 1. The van der Waals surface area contributed by atoms with E-state index in [4.69, 9.17) is 9.29 Å². The first-order valence-electron chi connectivity index (χ1n) is 8.40. The van der Waals surface area contributed by atoms with Crippen molar-refractivity contribution >= 4 is 22.1 Å². The van der Waals surface area contributed by atoms with Crippen molar-refractivity contribution in [2.24, 2.45) is 0 Å². The molecule has 28 heavy (non-hydrogen) atoms. The van der Waals surface area contributed by atoms with Crippen molar-refractivity contribution in [3.63, 3.8) is 0 Å². The van der Waals surface area contributed by atoms with Gasteiger partial charge in [-0.2, -0.15) is 14.8 Å². The van der Waals surface area contributed by atoms with Crippen LogP contribution in [0.25, 0.3) is 0 Å². The molecule has 0 fully saturated rings. The van der Waals surface area contributed by atoms with Gasteiger partial charge in [0.05, 0.1) is 5.97 Å². The van der Waals surface area contributed by atoms with E-state index in [0.717, 1.165) is 19.6 Å². The molecule has 0 aromatic rings. The Morgan fingerprint density at radius 2 is 1.43 bits per heavy atom. The Labute approximate surface area is 297 Å². The van der Waals surface area contributed by atoms with Gasteiger partial charge in [0.2, 0.25) is 0 Å².